The summed E-state index contributed by atoms with van der Waals surface area (Å²) in [5.41, 5.74) is 6.89. The number of anilines is 1. The van der Waals surface area contributed by atoms with E-state index in [4.69, 9.17) is 10.5 Å². The van der Waals surface area contributed by atoms with Crippen molar-refractivity contribution in [1.82, 2.24) is 0 Å². The van der Waals surface area contributed by atoms with Crippen molar-refractivity contribution in [2.45, 2.75) is 24.0 Å². The Morgan fingerprint density at radius 2 is 1.68 bits per heavy atom. The Balaban J connectivity index is 1.95. The standard InChI is InChI=1S/C23H22N2O4S2/c1-3-29-23(28)18-14(2)17(20(24)26)22(31-18)25-21(27)19(15-10-6-4-7-11-15)30-16-12-8-5-9-13-16/h4-13,19H,3H2,1-2H3,(H2,24,26)(H,25,27). The smallest absolute Gasteiger partial charge is 0.348 e. The van der Waals surface area contributed by atoms with Crippen molar-refractivity contribution in [3.63, 3.8) is 0 Å². The Morgan fingerprint density at radius 1 is 1.06 bits per heavy atom. The predicted molar refractivity (Wildman–Crippen MR) is 124 cm³/mol. The quantitative estimate of drug-likeness (QED) is 0.376. The summed E-state index contributed by atoms with van der Waals surface area (Å²) in [6.07, 6.45) is 0. The molecule has 1 unspecified atom stereocenters. The molecule has 0 aliphatic rings. The summed E-state index contributed by atoms with van der Waals surface area (Å²) in [5, 5.41) is 2.49. The summed E-state index contributed by atoms with van der Waals surface area (Å²) in [7, 11) is 0. The fraction of sp³-hybridized carbons (Fsp3) is 0.174. The number of hydrogen-bond acceptors (Lipinski definition) is 6. The van der Waals surface area contributed by atoms with E-state index in [9.17, 15) is 14.4 Å². The molecule has 1 heterocycles. The van der Waals surface area contributed by atoms with Gasteiger partial charge in [-0.25, -0.2) is 4.79 Å². The van der Waals surface area contributed by atoms with Gasteiger partial charge in [0.2, 0.25) is 5.91 Å². The molecular formula is C23H22N2O4S2. The maximum atomic E-state index is 13.3. The van der Waals surface area contributed by atoms with Crippen LogP contribution in [0.2, 0.25) is 0 Å². The van der Waals surface area contributed by atoms with Crippen LogP contribution in [0.15, 0.2) is 65.6 Å². The summed E-state index contributed by atoms with van der Waals surface area (Å²) in [6.45, 7) is 3.52. The van der Waals surface area contributed by atoms with Crippen LogP contribution in [0.4, 0.5) is 5.00 Å². The maximum Gasteiger partial charge on any atom is 0.348 e. The molecule has 1 atom stereocenters. The Labute approximate surface area is 188 Å². The number of esters is 1. The van der Waals surface area contributed by atoms with Crippen LogP contribution >= 0.6 is 23.1 Å². The highest BCUT2D eigenvalue weighted by molar-refractivity contribution is 8.00. The summed E-state index contributed by atoms with van der Waals surface area (Å²) in [6, 6.07) is 18.9. The lowest BCUT2D eigenvalue weighted by Gasteiger charge is -2.17. The first-order valence-corrected chi connectivity index (χ1v) is 11.3. The molecule has 0 spiro atoms. The van der Waals surface area contributed by atoms with E-state index < -0.39 is 17.1 Å². The highest BCUT2D eigenvalue weighted by Crippen LogP contribution is 2.38. The fourth-order valence-corrected chi connectivity index (χ4v) is 5.16. The number of ether oxygens (including phenoxy) is 1. The van der Waals surface area contributed by atoms with E-state index in [1.165, 1.54) is 11.8 Å². The largest absolute Gasteiger partial charge is 0.462 e. The summed E-state index contributed by atoms with van der Waals surface area (Å²) in [5.74, 6) is -1.59. The second-order valence-corrected chi connectivity index (χ2v) is 8.76. The third kappa shape index (κ3) is 5.34. The third-order valence-corrected chi connectivity index (χ3v) is 6.88. The number of carbonyl (C=O) groups is 3. The lowest BCUT2D eigenvalue weighted by Crippen LogP contribution is -2.21. The van der Waals surface area contributed by atoms with Gasteiger partial charge in [-0.2, -0.15) is 0 Å². The number of nitrogens with one attached hydrogen (secondary N) is 1. The zero-order valence-corrected chi connectivity index (χ0v) is 18.7. The maximum absolute atomic E-state index is 13.3. The molecule has 1 aromatic heterocycles. The van der Waals surface area contributed by atoms with E-state index in [0.29, 0.717) is 5.56 Å². The summed E-state index contributed by atoms with van der Waals surface area (Å²) >= 11 is 2.39. The van der Waals surface area contributed by atoms with E-state index >= 15 is 0 Å². The average molecular weight is 455 g/mol. The first kappa shape index (κ1) is 22.6. The number of thiophene rings is 1. The monoisotopic (exact) mass is 454 g/mol. The molecule has 3 rings (SSSR count). The van der Waals surface area contributed by atoms with Crippen molar-refractivity contribution in [3.05, 3.63) is 82.2 Å². The number of thioether (sulfide) groups is 1. The van der Waals surface area contributed by atoms with Crippen LogP contribution in [0.1, 0.15) is 43.3 Å². The van der Waals surface area contributed by atoms with Crippen LogP contribution in [0.3, 0.4) is 0 Å². The van der Waals surface area contributed by atoms with Crippen molar-refractivity contribution in [2.75, 3.05) is 11.9 Å². The molecule has 2 aromatic carbocycles. The lowest BCUT2D eigenvalue weighted by molar-refractivity contribution is -0.115. The number of rotatable bonds is 8. The minimum atomic E-state index is -0.716. The molecule has 0 saturated heterocycles. The van der Waals surface area contributed by atoms with Gasteiger partial charge in [0.1, 0.15) is 15.1 Å². The van der Waals surface area contributed by atoms with E-state index in [1.54, 1.807) is 13.8 Å². The Bertz CT molecular complexity index is 1080. The first-order valence-electron chi connectivity index (χ1n) is 9.60. The molecule has 8 heteroatoms. The van der Waals surface area contributed by atoms with Gasteiger partial charge in [-0.05, 0) is 37.1 Å². The molecule has 3 aromatic rings. The summed E-state index contributed by atoms with van der Waals surface area (Å²) < 4.78 is 5.06. The molecule has 2 amide bonds. The van der Waals surface area contributed by atoms with Gasteiger partial charge in [0.25, 0.3) is 5.91 Å². The van der Waals surface area contributed by atoms with Crippen molar-refractivity contribution >= 4 is 45.9 Å². The highest BCUT2D eigenvalue weighted by atomic mass is 32.2. The van der Waals surface area contributed by atoms with Crippen molar-refractivity contribution in [1.29, 1.82) is 0 Å². The summed E-state index contributed by atoms with van der Waals surface area (Å²) in [4.78, 5) is 38.8. The number of primary amides is 1. The van der Waals surface area contributed by atoms with Gasteiger partial charge in [0.05, 0.1) is 12.2 Å². The zero-order valence-electron chi connectivity index (χ0n) is 17.1. The normalized spacial score (nSPS) is 11.5. The first-order chi connectivity index (χ1) is 14.9. The zero-order chi connectivity index (χ0) is 22.4. The minimum absolute atomic E-state index is 0.123. The van der Waals surface area contributed by atoms with Crippen LogP contribution in [-0.2, 0) is 9.53 Å². The van der Waals surface area contributed by atoms with E-state index in [-0.39, 0.29) is 28.0 Å². The number of nitrogens with two attached hydrogens (primary N) is 1. The number of hydrogen-bond donors (Lipinski definition) is 2. The van der Waals surface area contributed by atoms with Crippen LogP contribution in [0.25, 0.3) is 0 Å². The Morgan fingerprint density at radius 3 is 2.26 bits per heavy atom. The van der Waals surface area contributed by atoms with Gasteiger partial charge in [0.15, 0.2) is 0 Å². The van der Waals surface area contributed by atoms with Gasteiger partial charge in [-0.15, -0.1) is 23.1 Å². The molecule has 31 heavy (non-hydrogen) atoms. The molecule has 0 aliphatic heterocycles. The van der Waals surface area contributed by atoms with Gasteiger partial charge >= 0.3 is 5.97 Å². The highest BCUT2D eigenvalue weighted by Gasteiger charge is 2.28. The molecule has 6 nitrogen and oxygen atoms in total. The molecule has 0 radical (unpaired) electrons. The number of carbonyl (C=O) groups excluding carboxylic acids is 3. The topological polar surface area (TPSA) is 98.5 Å². The number of amides is 2. The van der Waals surface area contributed by atoms with Crippen molar-refractivity contribution < 1.29 is 19.1 Å². The second kappa shape index (κ2) is 10.3. The van der Waals surface area contributed by atoms with E-state index in [1.807, 2.05) is 60.7 Å². The van der Waals surface area contributed by atoms with Gasteiger partial charge in [-0.3, -0.25) is 9.59 Å². The predicted octanol–water partition coefficient (Wildman–Crippen LogP) is 4.80. The molecule has 160 valence electrons. The van der Waals surface area contributed by atoms with Crippen molar-refractivity contribution in [2.24, 2.45) is 5.73 Å². The van der Waals surface area contributed by atoms with Crippen LogP contribution in [0, 0.1) is 6.92 Å². The van der Waals surface area contributed by atoms with Gasteiger partial charge < -0.3 is 15.8 Å². The molecular weight excluding hydrogens is 432 g/mol. The van der Waals surface area contributed by atoms with E-state index in [2.05, 4.69) is 5.32 Å². The molecule has 0 aliphatic carbocycles. The van der Waals surface area contributed by atoms with Gasteiger partial charge in [-0.1, -0.05) is 48.5 Å². The van der Waals surface area contributed by atoms with Crippen molar-refractivity contribution in [3.8, 4) is 0 Å². The molecule has 0 saturated carbocycles. The number of benzene rings is 2. The van der Waals surface area contributed by atoms with Crippen LogP contribution in [0.5, 0.6) is 0 Å². The van der Waals surface area contributed by atoms with Crippen LogP contribution < -0.4 is 11.1 Å². The Kier molecular flexibility index (Phi) is 7.49. The van der Waals surface area contributed by atoms with E-state index in [0.717, 1.165) is 21.8 Å². The molecule has 0 bridgehead atoms. The van der Waals surface area contributed by atoms with Crippen LogP contribution in [-0.4, -0.2) is 24.4 Å². The minimum Gasteiger partial charge on any atom is -0.462 e. The van der Waals surface area contributed by atoms with Gasteiger partial charge in [0, 0.05) is 4.90 Å². The third-order valence-electron chi connectivity index (χ3n) is 4.43. The lowest BCUT2D eigenvalue weighted by atomic mass is 10.1. The second-order valence-electron chi connectivity index (χ2n) is 6.56. The Hall–Kier alpha value is -3.10. The SMILES string of the molecule is CCOC(=O)c1sc(NC(=O)C(Sc2ccccc2)c2ccccc2)c(C(N)=O)c1C. The fourth-order valence-electron chi connectivity index (χ4n) is 3.00. The molecule has 0 fully saturated rings. The molecule has 3 N–H and O–H groups in total. The average Bonchev–Trinajstić information content (AvgIpc) is 3.09.